The zero-order valence-corrected chi connectivity index (χ0v) is 13.4. The summed E-state index contributed by atoms with van der Waals surface area (Å²) in [5.41, 5.74) is 0. The van der Waals surface area contributed by atoms with Gasteiger partial charge in [-0.2, -0.15) is 0 Å². The summed E-state index contributed by atoms with van der Waals surface area (Å²) >= 11 is 0. The Morgan fingerprint density at radius 3 is 2.78 bits per heavy atom. The molecule has 2 aromatic rings. The zero-order valence-electron chi connectivity index (χ0n) is 13.4. The average Bonchev–Trinajstić information content (AvgIpc) is 3.24. The predicted molar refractivity (Wildman–Crippen MR) is 84.9 cm³/mol. The molecule has 0 unspecified atom stereocenters. The second-order valence-corrected chi connectivity index (χ2v) is 6.48. The van der Waals surface area contributed by atoms with E-state index in [0.29, 0.717) is 12.1 Å². The van der Waals surface area contributed by atoms with Crippen molar-refractivity contribution in [2.24, 2.45) is 7.05 Å². The van der Waals surface area contributed by atoms with E-state index in [1.165, 1.54) is 0 Å². The molecule has 0 bridgehead atoms. The third-order valence-electron chi connectivity index (χ3n) is 5.00. The summed E-state index contributed by atoms with van der Waals surface area (Å²) in [5.74, 6) is 1.82. The van der Waals surface area contributed by atoms with Crippen LogP contribution >= 0.6 is 0 Å². The first kappa shape index (κ1) is 14.9. The van der Waals surface area contributed by atoms with Gasteiger partial charge in [-0.1, -0.05) is 0 Å². The fourth-order valence-electron chi connectivity index (χ4n) is 3.80. The number of morpholine rings is 1. The number of hydrogen-bond donors (Lipinski definition) is 1. The highest BCUT2D eigenvalue weighted by Gasteiger charge is 2.38. The van der Waals surface area contributed by atoms with Crippen LogP contribution in [-0.2, 0) is 11.8 Å². The van der Waals surface area contributed by atoms with E-state index in [1.54, 1.807) is 6.20 Å². The number of fused-ring (bicyclic) bond motifs is 1. The molecule has 0 aromatic carbocycles. The highest BCUT2D eigenvalue weighted by Crippen LogP contribution is 2.33. The molecule has 4 rings (SSSR count). The standard InChI is InChI=1S/C16H23N5O2/c1-19-5-3-17-15(19)16-18-4-6-21(16)12-8-13-11-23-14(2-7-22)10-20(13)9-12/h3-6,12-14,22H,2,7-11H2,1H3/t12-,13+,14+/m1/s1. The molecule has 2 saturated heterocycles. The van der Waals surface area contributed by atoms with Gasteiger partial charge in [0, 0.05) is 63.6 Å². The number of aliphatic hydroxyl groups is 1. The van der Waals surface area contributed by atoms with E-state index >= 15 is 0 Å². The van der Waals surface area contributed by atoms with E-state index in [9.17, 15) is 0 Å². The van der Waals surface area contributed by atoms with Gasteiger partial charge < -0.3 is 19.0 Å². The lowest BCUT2D eigenvalue weighted by Crippen LogP contribution is -2.46. The summed E-state index contributed by atoms with van der Waals surface area (Å²) < 4.78 is 10.1. The molecule has 0 spiro atoms. The van der Waals surface area contributed by atoms with Crippen LogP contribution < -0.4 is 0 Å². The lowest BCUT2D eigenvalue weighted by Gasteiger charge is -2.34. The van der Waals surface area contributed by atoms with E-state index in [0.717, 1.165) is 44.2 Å². The van der Waals surface area contributed by atoms with Crippen molar-refractivity contribution >= 4 is 0 Å². The first-order valence-corrected chi connectivity index (χ1v) is 8.23. The number of aliphatic hydroxyl groups excluding tert-OH is 1. The molecule has 7 nitrogen and oxygen atoms in total. The van der Waals surface area contributed by atoms with Crippen LogP contribution in [0.15, 0.2) is 24.8 Å². The van der Waals surface area contributed by atoms with Crippen molar-refractivity contribution in [3.63, 3.8) is 0 Å². The Bertz CT molecular complexity index is 667. The van der Waals surface area contributed by atoms with E-state index in [-0.39, 0.29) is 12.7 Å². The maximum atomic E-state index is 9.11. The Balaban J connectivity index is 1.53. The van der Waals surface area contributed by atoms with Gasteiger partial charge in [0.2, 0.25) is 0 Å². The van der Waals surface area contributed by atoms with Crippen molar-refractivity contribution in [1.82, 2.24) is 24.0 Å². The van der Waals surface area contributed by atoms with Crippen LogP contribution in [-0.4, -0.2) is 67.6 Å². The number of rotatable bonds is 4. The number of aryl methyl sites for hydroxylation is 1. The largest absolute Gasteiger partial charge is 0.396 e. The Labute approximate surface area is 135 Å². The lowest BCUT2D eigenvalue weighted by molar-refractivity contribution is -0.0567. The Morgan fingerprint density at radius 2 is 2.00 bits per heavy atom. The van der Waals surface area contributed by atoms with Crippen molar-refractivity contribution < 1.29 is 9.84 Å². The van der Waals surface area contributed by atoms with E-state index in [4.69, 9.17) is 9.84 Å². The zero-order chi connectivity index (χ0) is 15.8. The average molecular weight is 317 g/mol. The molecule has 7 heteroatoms. The molecule has 2 aliphatic rings. The van der Waals surface area contributed by atoms with Crippen molar-refractivity contribution in [3.8, 4) is 11.6 Å². The summed E-state index contributed by atoms with van der Waals surface area (Å²) in [7, 11) is 1.99. The van der Waals surface area contributed by atoms with Crippen molar-refractivity contribution in [1.29, 1.82) is 0 Å². The number of nitrogens with zero attached hydrogens (tertiary/aromatic N) is 5. The molecule has 3 atom stereocenters. The van der Waals surface area contributed by atoms with Gasteiger partial charge in [-0.3, -0.25) is 4.90 Å². The van der Waals surface area contributed by atoms with Gasteiger partial charge in [0.1, 0.15) is 0 Å². The third-order valence-corrected chi connectivity index (χ3v) is 5.00. The number of aromatic nitrogens is 4. The molecule has 0 amide bonds. The Kier molecular flexibility index (Phi) is 3.92. The van der Waals surface area contributed by atoms with Crippen molar-refractivity contribution in [2.75, 3.05) is 26.3 Å². The molecule has 0 aliphatic carbocycles. The fourth-order valence-corrected chi connectivity index (χ4v) is 3.80. The molecule has 1 N–H and O–H groups in total. The Morgan fingerprint density at radius 1 is 1.17 bits per heavy atom. The lowest BCUT2D eigenvalue weighted by atomic mass is 10.1. The minimum Gasteiger partial charge on any atom is -0.396 e. The van der Waals surface area contributed by atoms with Crippen LogP contribution in [0.25, 0.3) is 11.6 Å². The molecule has 2 aliphatic heterocycles. The monoisotopic (exact) mass is 317 g/mol. The maximum absolute atomic E-state index is 9.11. The van der Waals surface area contributed by atoms with Crippen LogP contribution in [0.3, 0.4) is 0 Å². The van der Waals surface area contributed by atoms with Crippen molar-refractivity contribution in [3.05, 3.63) is 24.8 Å². The summed E-state index contributed by atoms with van der Waals surface area (Å²) in [6.45, 7) is 2.86. The van der Waals surface area contributed by atoms with Gasteiger partial charge in [-0.15, -0.1) is 0 Å². The van der Waals surface area contributed by atoms with Gasteiger partial charge >= 0.3 is 0 Å². The van der Waals surface area contributed by atoms with E-state index in [1.807, 2.05) is 24.0 Å². The molecular formula is C16H23N5O2. The molecular weight excluding hydrogens is 294 g/mol. The minimum atomic E-state index is 0.159. The SMILES string of the molecule is Cn1ccnc1-c1nccn1[C@@H]1C[C@H]2CO[C@@H](CCO)CN2C1. The fraction of sp³-hybridized carbons (Fsp3) is 0.625. The highest BCUT2D eigenvalue weighted by molar-refractivity contribution is 5.45. The molecule has 23 heavy (non-hydrogen) atoms. The smallest absolute Gasteiger partial charge is 0.176 e. The summed E-state index contributed by atoms with van der Waals surface area (Å²) in [5, 5.41) is 9.11. The van der Waals surface area contributed by atoms with Crippen LogP contribution in [0.4, 0.5) is 0 Å². The molecule has 2 aromatic heterocycles. The predicted octanol–water partition coefficient (Wildman–Crippen LogP) is 0.680. The molecule has 0 saturated carbocycles. The normalized spacial score (nSPS) is 28.2. The summed E-state index contributed by atoms with van der Waals surface area (Å²) in [4.78, 5) is 11.5. The molecule has 4 heterocycles. The van der Waals surface area contributed by atoms with E-state index < -0.39 is 0 Å². The van der Waals surface area contributed by atoms with Gasteiger partial charge in [-0.25, -0.2) is 9.97 Å². The second-order valence-electron chi connectivity index (χ2n) is 6.48. The van der Waals surface area contributed by atoms with Crippen LogP contribution in [0.5, 0.6) is 0 Å². The first-order valence-electron chi connectivity index (χ1n) is 8.23. The third kappa shape index (κ3) is 2.69. The molecule has 0 radical (unpaired) electrons. The second kappa shape index (κ2) is 6.07. The topological polar surface area (TPSA) is 68.3 Å². The number of hydrogen-bond acceptors (Lipinski definition) is 5. The Hall–Kier alpha value is -1.70. The van der Waals surface area contributed by atoms with Gasteiger partial charge in [-0.05, 0) is 12.8 Å². The first-order chi connectivity index (χ1) is 11.3. The maximum Gasteiger partial charge on any atom is 0.176 e. The highest BCUT2D eigenvalue weighted by atomic mass is 16.5. The van der Waals surface area contributed by atoms with Crippen LogP contribution in [0, 0.1) is 0 Å². The summed E-state index contributed by atoms with van der Waals surface area (Å²) in [6.07, 6.45) is 9.61. The summed E-state index contributed by atoms with van der Waals surface area (Å²) in [6, 6.07) is 0.859. The quantitative estimate of drug-likeness (QED) is 0.898. The van der Waals surface area contributed by atoms with Crippen LogP contribution in [0.1, 0.15) is 18.9 Å². The molecule has 124 valence electrons. The minimum absolute atomic E-state index is 0.159. The number of imidazole rings is 2. The van der Waals surface area contributed by atoms with Gasteiger partial charge in [0.15, 0.2) is 11.6 Å². The van der Waals surface area contributed by atoms with E-state index in [2.05, 4.69) is 25.6 Å². The van der Waals surface area contributed by atoms with Crippen LogP contribution in [0.2, 0.25) is 0 Å². The van der Waals surface area contributed by atoms with Crippen molar-refractivity contribution in [2.45, 2.75) is 31.0 Å². The number of ether oxygens (including phenoxy) is 1. The van der Waals surface area contributed by atoms with Gasteiger partial charge in [0.05, 0.1) is 12.7 Å². The molecule has 2 fully saturated rings. The van der Waals surface area contributed by atoms with Gasteiger partial charge in [0.25, 0.3) is 0 Å².